The third-order valence-electron chi connectivity index (χ3n) is 9.09. The van der Waals surface area contributed by atoms with Gasteiger partial charge in [-0.05, 0) is 37.1 Å². The number of carbonyl (C=O) groups is 2. The van der Waals surface area contributed by atoms with Crippen LogP contribution in [0.2, 0.25) is 0 Å². The normalized spacial score (nSPS) is 12.9. The SMILES string of the molecule is C#Cc1cnc(N2CCN(c3ncc(C(=O)NCCOCCC(=O)NCCCCn4nc(-c5cc6cc(O)ccc6[nH]5)c5c(N)ncnc54)cn3)CC2)nc1. The number of ether oxygens (including phenoxy) is 1. The smallest absolute Gasteiger partial charge is 0.254 e. The Bertz CT molecular complexity index is 2310. The van der Waals surface area contributed by atoms with Gasteiger partial charge in [-0.15, -0.1) is 6.42 Å². The van der Waals surface area contributed by atoms with Crippen molar-refractivity contribution in [2.75, 3.05) is 68.0 Å². The minimum absolute atomic E-state index is 0.119. The van der Waals surface area contributed by atoms with E-state index in [-0.39, 0.29) is 43.7 Å². The quantitative estimate of drug-likeness (QED) is 0.0747. The number of fused-ring (bicyclic) bond motifs is 2. The largest absolute Gasteiger partial charge is 0.508 e. The third kappa shape index (κ3) is 8.69. The Morgan fingerprint density at radius 3 is 2.36 bits per heavy atom. The number of aromatic nitrogens is 9. The van der Waals surface area contributed by atoms with Crippen molar-refractivity contribution in [3.63, 3.8) is 0 Å². The molecule has 1 aliphatic rings. The molecule has 6 aromatic rings. The van der Waals surface area contributed by atoms with Crippen molar-refractivity contribution < 1.29 is 19.4 Å². The summed E-state index contributed by atoms with van der Waals surface area (Å²) in [6.45, 7) is 4.58. The Morgan fingerprint density at radius 2 is 1.64 bits per heavy atom. The lowest BCUT2D eigenvalue weighted by Gasteiger charge is -2.34. The highest BCUT2D eigenvalue weighted by molar-refractivity contribution is 6.00. The van der Waals surface area contributed by atoms with Gasteiger partial charge in [0.15, 0.2) is 5.65 Å². The number of amides is 2. The second kappa shape index (κ2) is 16.9. The highest BCUT2D eigenvalue weighted by Crippen LogP contribution is 2.32. The molecule has 0 aliphatic carbocycles. The summed E-state index contributed by atoms with van der Waals surface area (Å²) in [6, 6.07) is 7.00. The number of nitrogen functional groups attached to an aromatic ring is 1. The van der Waals surface area contributed by atoms with Crippen LogP contribution < -0.4 is 26.2 Å². The van der Waals surface area contributed by atoms with E-state index < -0.39 is 0 Å². The first kappa shape index (κ1) is 36.5. The summed E-state index contributed by atoms with van der Waals surface area (Å²) in [4.78, 5) is 58.4. The number of hydrogen-bond donors (Lipinski definition) is 5. The van der Waals surface area contributed by atoms with E-state index in [1.807, 2.05) is 11.0 Å². The predicted octanol–water partition coefficient (Wildman–Crippen LogP) is 1.88. The minimum Gasteiger partial charge on any atom is -0.508 e. The Labute approximate surface area is 315 Å². The maximum absolute atomic E-state index is 12.6. The average molecular weight is 745 g/mol. The summed E-state index contributed by atoms with van der Waals surface area (Å²) >= 11 is 0. The lowest BCUT2D eigenvalue weighted by Crippen LogP contribution is -2.47. The summed E-state index contributed by atoms with van der Waals surface area (Å²) < 4.78 is 7.35. The van der Waals surface area contributed by atoms with E-state index in [4.69, 9.17) is 22.0 Å². The van der Waals surface area contributed by atoms with Gasteiger partial charge in [0.25, 0.3) is 5.91 Å². The molecule has 6 N–H and O–H groups in total. The fourth-order valence-electron chi connectivity index (χ4n) is 6.20. The molecule has 0 saturated carbocycles. The molecule has 0 radical (unpaired) electrons. The molecular weight excluding hydrogens is 705 g/mol. The summed E-state index contributed by atoms with van der Waals surface area (Å²) in [5.74, 6) is 3.78. The Hall–Kier alpha value is -6.87. The third-order valence-corrected chi connectivity index (χ3v) is 9.09. The minimum atomic E-state index is -0.306. The number of rotatable bonds is 15. The molecule has 18 heteroatoms. The number of anilines is 3. The molecule has 1 aromatic carbocycles. The van der Waals surface area contributed by atoms with Crippen LogP contribution in [0.5, 0.6) is 5.75 Å². The Kier molecular flexibility index (Phi) is 11.2. The number of aryl methyl sites for hydroxylation is 1. The highest BCUT2D eigenvalue weighted by atomic mass is 16.5. The number of nitrogens with two attached hydrogens (primary N) is 1. The highest BCUT2D eigenvalue weighted by Gasteiger charge is 2.22. The number of hydrogen-bond acceptors (Lipinski definition) is 14. The molecule has 1 saturated heterocycles. The fourth-order valence-corrected chi connectivity index (χ4v) is 6.20. The molecule has 0 unspecified atom stereocenters. The van der Waals surface area contributed by atoms with Crippen molar-refractivity contribution in [3.8, 4) is 29.5 Å². The van der Waals surface area contributed by atoms with Crippen molar-refractivity contribution in [1.29, 1.82) is 0 Å². The molecule has 18 nitrogen and oxygen atoms in total. The maximum atomic E-state index is 12.6. The Balaban J connectivity index is 0.768. The molecule has 7 rings (SSSR count). The number of aromatic hydroxyl groups is 1. The van der Waals surface area contributed by atoms with Gasteiger partial charge in [0, 0.05) is 87.9 Å². The van der Waals surface area contributed by atoms with Crippen molar-refractivity contribution in [3.05, 3.63) is 66.5 Å². The first-order chi connectivity index (χ1) is 26.9. The number of terminal acetylenes is 1. The maximum Gasteiger partial charge on any atom is 0.254 e. The number of nitrogens with zero attached hydrogens (tertiary/aromatic N) is 10. The van der Waals surface area contributed by atoms with E-state index in [0.29, 0.717) is 84.8 Å². The zero-order chi connectivity index (χ0) is 38.1. The molecule has 6 heterocycles. The summed E-state index contributed by atoms with van der Waals surface area (Å²) in [7, 11) is 0. The van der Waals surface area contributed by atoms with Gasteiger partial charge in [-0.25, -0.2) is 34.6 Å². The van der Waals surface area contributed by atoms with E-state index >= 15 is 0 Å². The van der Waals surface area contributed by atoms with Gasteiger partial charge < -0.3 is 41.0 Å². The van der Waals surface area contributed by atoms with Crippen LogP contribution in [0.1, 0.15) is 35.2 Å². The van der Waals surface area contributed by atoms with Gasteiger partial charge in [0.1, 0.15) is 23.6 Å². The molecule has 1 aliphatic heterocycles. The van der Waals surface area contributed by atoms with Gasteiger partial charge in [0.05, 0.1) is 35.4 Å². The molecule has 0 spiro atoms. The van der Waals surface area contributed by atoms with Crippen LogP contribution in [0.3, 0.4) is 0 Å². The number of nitrogens with one attached hydrogen (secondary N) is 3. The number of carbonyl (C=O) groups excluding carboxylic acids is 2. The van der Waals surface area contributed by atoms with Crippen molar-refractivity contribution in [1.82, 2.24) is 55.3 Å². The van der Waals surface area contributed by atoms with Crippen LogP contribution in [-0.4, -0.2) is 114 Å². The van der Waals surface area contributed by atoms with Crippen LogP contribution >= 0.6 is 0 Å². The van der Waals surface area contributed by atoms with E-state index in [0.717, 1.165) is 29.4 Å². The van der Waals surface area contributed by atoms with Crippen molar-refractivity contribution in [2.45, 2.75) is 25.8 Å². The number of aromatic amines is 1. The molecule has 1 fully saturated rings. The molecule has 0 atom stereocenters. The number of piperazine rings is 1. The monoisotopic (exact) mass is 744 g/mol. The lowest BCUT2D eigenvalue weighted by molar-refractivity contribution is -0.122. The van der Waals surface area contributed by atoms with Crippen LogP contribution in [0.4, 0.5) is 17.7 Å². The van der Waals surface area contributed by atoms with E-state index in [2.05, 4.69) is 56.3 Å². The van der Waals surface area contributed by atoms with Crippen molar-refractivity contribution >= 4 is 51.5 Å². The predicted molar refractivity (Wildman–Crippen MR) is 205 cm³/mol. The second-order valence-corrected chi connectivity index (χ2v) is 12.8. The molecule has 2 amide bonds. The van der Waals surface area contributed by atoms with Crippen LogP contribution in [-0.2, 0) is 16.1 Å². The first-order valence-electron chi connectivity index (χ1n) is 17.9. The van der Waals surface area contributed by atoms with Crippen molar-refractivity contribution in [2.24, 2.45) is 0 Å². The molecule has 55 heavy (non-hydrogen) atoms. The average Bonchev–Trinajstić information content (AvgIpc) is 3.81. The second-order valence-electron chi connectivity index (χ2n) is 12.8. The number of H-pyrrole nitrogens is 1. The standard InChI is InChI=1S/C37H40N14O4/c1-2-24-19-41-36(42-20-24)49-11-13-50(14-12-49)37-43-21-26(22-44-37)35(54)40-9-16-55-15-7-30(53)39-8-3-4-10-51-34-31(33(38)45-23-46-34)32(48-51)29-18-25-17-27(52)5-6-28(25)47-29/h1,5-6,17-23,47,52H,3-4,7-16H2,(H,39,53)(H,40,54)(H2,38,45,46). The van der Waals surface area contributed by atoms with Gasteiger partial charge >= 0.3 is 0 Å². The van der Waals surface area contributed by atoms with Gasteiger partial charge in [0.2, 0.25) is 17.8 Å². The summed E-state index contributed by atoms with van der Waals surface area (Å²) in [5, 5.41) is 21.9. The fraction of sp³-hybridized carbons (Fsp3) is 0.324. The number of phenols is 1. The van der Waals surface area contributed by atoms with E-state index in [1.54, 1.807) is 35.3 Å². The number of phenolic OH excluding ortho intramolecular Hbond substituents is 1. The first-order valence-corrected chi connectivity index (χ1v) is 17.9. The van der Waals surface area contributed by atoms with Gasteiger partial charge in [-0.1, -0.05) is 5.92 Å². The Morgan fingerprint density at radius 1 is 0.909 bits per heavy atom. The van der Waals surface area contributed by atoms with Crippen LogP contribution in [0, 0.1) is 12.3 Å². The molecular formula is C37H40N14O4. The van der Waals surface area contributed by atoms with Gasteiger partial charge in [-0.2, -0.15) is 5.10 Å². The number of benzene rings is 1. The summed E-state index contributed by atoms with van der Waals surface area (Å²) in [6.07, 6.45) is 14.7. The zero-order valence-electron chi connectivity index (χ0n) is 30.0. The van der Waals surface area contributed by atoms with Crippen LogP contribution in [0.25, 0.3) is 33.3 Å². The summed E-state index contributed by atoms with van der Waals surface area (Å²) in [5.41, 5.74) is 10.1. The van der Waals surface area contributed by atoms with Crippen LogP contribution in [0.15, 0.2) is 55.4 Å². The van der Waals surface area contributed by atoms with E-state index in [9.17, 15) is 14.7 Å². The zero-order valence-corrected chi connectivity index (χ0v) is 30.0. The number of unbranched alkanes of at least 4 members (excludes halogenated alkanes) is 1. The topological polar surface area (TPSA) is 231 Å². The van der Waals surface area contributed by atoms with E-state index in [1.165, 1.54) is 18.7 Å². The lowest BCUT2D eigenvalue weighted by atomic mass is 10.2. The molecule has 5 aromatic heterocycles. The molecule has 282 valence electrons. The van der Waals surface area contributed by atoms with Gasteiger partial charge in [-0.3, -0.25) is 9.59 Å². The molecule has 0 bridgehead atoms.